The zero-order valence-electron chi connectivity index (χ0n) is 33.2. The van der Waals surface area contributed by atoms with Crippen molar-refractivity contribution in [1.29, 1.82) is 0 Å². The SMILES string of the molecule is CCCCCCCCCCCCCCCCC(C(=O)NCCNC(=O)c1cc(OC(=O)N(CC(=O)OC)CN2NNN(C)C2=S)c2ccccc2c1O)S(=O)(=O)O. The van der Waals surface area contributed by atoms with Gasteiger partial charge in [-0.1, -0.05) is 121 Å². The zero-order chi connectivity index (χ0) is 41.8. The second-order valence-electron chi connectivity index (χ2n) is 14.0. The van der Waals surface area contributed by atoms with Gasteiger partial charge in [-0.2, -0.15) is 8.42 Å². The van der Waals surface area contributed by atoms with Crippen LogP contribution in [0.5, 0.6) is 11.5 Å². The fraction of sp³-hybridized carbons (Fsp3) is 0.605. The van der Waals surface area contributed by atoms with Crippen molar-refractivity contribution in [2.75, 3.05) is 40.5 Å². The monoisotopic (exact) mass is 837 g/mol. The second kappa shape index (κ2) is 24.5. The Balaban J connectivity index is 1.52. The van der Waals surface area contributed by atoms with Gasteiger partial charge in [0.1, 0.15) is 24.7 Å². The molecule has 1 aliphatic rings. The zero-order valence-corrected chi connectivity index (χ0v) is 34.9. The number of methoxy groups -OCH3 is 1. The Morgan fingerprint density at radius 3 is 1.98 bits per heavy atom. The number of benzene rings is 2. The van der Waals surface area contributed by atoms with Crippen LogP contribution in [0.1, 0.15) is 114 Å². The number of hydrazine groups is 3. The highest BCUT2D eigenvalue weighted by Crippen LogP contribution is 2.36. The standard InChI is InChI=1S/C38H59N7O10S2/c1-4-5-6-7-8-9-10-11-12-13-14-15-16-17-22-32(57(51,52)53)36(49)40-24-23-39-35(48)30-25-31(28-20-18-19-21-29(28)34(30)47)55-38(50)44(26-33(46)54-3)27-45-37(56)43(2)41-42-45/h18-21,25,32,41-42,47H,4-17,22-24,26-27H2,1-3H3,(H,39,48)(H,40,49)(H,51,52,53). The highest BCUT2D eigenvalue weighted by atomic mass is 32.2. The molecule has 318 valence electrons. The van der Waals surface area contributed by atoms with Gasteiger partial charge in [-0.05, 0) is 24.7 Å². The maximum atomic E-state index is 13.4. The molecule has 2 aromatic carbocycles. The number of rotatable bonds is 26. The highest BCUT2D eigenvalue weighted by molar-refractivity contribution is 7.87. The van der Waals surface area contributed by atoms with Gasteiger partial charge in [0.15, 0.2) is 5.25 Å². The molecule has 0 aliphatic carbocycles. The molecule has 3 amide bonds. The van der Waals surface area contributed by atoms with Crippen molar-refractivity contribution >= 4 is 62.1 Å². The lowest BCUT2D eigenvalue weighted by molar-refractivity contribution is -0.141. The number of carbonyl (C=O) groups is 4. The van der Waals surface area contributed by atoms with Crippen molar-refractivity contribution in [1.82, 2.24) is 36.6 Å². The van der Waals surface area contributed by atoms with Crippen molar-refractivity contribution in [3.05, 3.63) is 35.9 Å². The van der Waals surface area contributed by atoms with E-state index in [1.165, 1.54) is 79.9 Å². The molecule has 1 fully saturated rings. The number of hydrogen-bond donors (Lipinski definition) is 6. The molecule has 19 heteroatoms. The van der Waals surface area contributed by atoms with E-state index >= 15 is 0 Å². The lowest BCUT2D eigenvalue weighted by Gasteiger charge is -2.26. The van der Waals surface area contributed by atoms with Crippen LogP contribution in [0.4, 0.5) is 4.79 Å². The van der Waals surface area contributed by atoms with Crippen LogP contribution in [0.3, 0.4) is 0 Å². The lowest BCUT2D eigenvalue weighted by atomic mass is 10.0. The fourth-order valence-electron chi connectivity index (χ4n) is 6.32. The summed E-state index contributed by atoms with van der Waals surface area (Å²) in [7, 11) is -1.86. The van der Waals surface area contributed by atoms with E-state index in [0.717, 1.165) is 37.7 Å². The van der Waals surface area contributed by atoms with Gasteiger partial charge in [0.25, 0.3) is 16.0 Å². The van der Waals surface area contributed by atoms with Crippen LogP contribution in [-0.2, 0) is 24.4 Å². The molecule has 0 radical (unpaired) electrons. The summed E-state index contributed by atoms with van der Waals surface area (Å²) in [5.74, 6) is -2.91. The van der Waals surface area contributed by atoms with Gasteiger partial charge in [-0.3, -0.25) is 28.8 Å². The van der Waals surface area contributed by atoms with E-state index in [9.17, 15) is 37.3 Å². The van der Waals surface area contributed by atoms with E-state index in [1.54, 1.807) is 25.2 Å². The quantitative estimate of drug-likeness (QED) is 0.0321. The lowest BCUT2D eigenvalue weighted by Crippen LogP contribution is -2.49. The molecule has 3 rings (SSSR count). The Bertz CT molecular complexity index is 1760. The molecular weight excluding hydrogens is 779 g/mol. The molecular formula is C38H59N7O10S2. The number of aromatic hydroxyl groups is 1. The molecule has 0 spiro atoms. The van der Waals surface area contributed by atoms with Gasteiger partial charge in [0.2, 0.25) is 11.0 Å². The van der Waals surface area contributed by atoms with Gasteiger partial charge < -0.3 is 25.2 Å². The molecule has 1 aliphatic heterocycles. The average molecular weight is 838 g/mol. The Labute approximate surface area is 340 Å². The van der Waals surface area contributed by atoms with Crippen molar-refractivity contribution < 1.29 is 46.7 Å². The molecule has 1 atom stereocenters. The number of nitrogens with zero attached hydrogens (tertiary/aromatic N) is 3. The number of unbranched alkanes of at least 4 members (excludes halogenated alkanes) is 13. The number of carbonyl (C=O) groups excluding carboxylic acids is 4. The summed E-state index contributed by atoms with van der Waals surface area (Å²) < 4.78 is 44.3. The van der Waals surface area contributed by atoms with E-state index in [0.29, 0.717) is 6.42 Å². The number of ether oxygens (including phenoxy) is 2. The Hall–Kier alpha value is -4.30. The highest BCUT2D eigenvalue weighted by Gasteiger charge is 2.31. The molecule has 17 nitrogen and oxygen atoms in total. The van der Waals surface area contributed by atoms with Gasteiger partial charge >= 0.3 is 12.1 Å². The molecule has 0 bridgehead atoms. The minimum atomic E-state index is -4.67. The molecule has 57 heavy (non-hydrogen) atoms. The Morgan fingerprint density at radius 1 is 0.877 bits per heavy atom. The van der Waals surface area contributed by atoms with E-state index in [2.05, 4.69) is 28.6 Å². The van der Waals surface area contributed by atoms with Gasteiger partial charge in [-0.15, -0.1) is 11.1 Å². The van der Waals surface area contributed by atoms with Crippen molar-refractivity contribution in [2.24, 2.45) is 0 Å². The summed E-state index contributed by atoms with van der Waals surface area (Å²) in [6.07, 6.45) is 14.7. The first kappa shape index (κ1) is 47.1. The maximum absolute atomic E-state index is 13.4. The van der Waals surface area contributed by atoms with E-state index in [1.807, 2.05) is 0 Å². The number of thiocarbonyl (C=S) groups is 1. The second-order valence-corrected chi connectivity index (χ2v) is 16.0. The van der Waals surface area contributed by atoms with Gasteiger partial charge in [-0.25, -0.2) is 9.80 Å². The topological polar surface area (TPSA) is 219 Å². The van der Waals surface area contributed by atoms with Crippen LogP contribution in [0.15, 0.2) is 30.3 Å². The van der Waals surface area contributed by atoms with Gasteiger partial charge in [0.05, 0.1) is 12.7 Å². The number of fused-ring (bicyclic) bond motifs is 1. The minimum Gasteiger partial charge on any atom is -0.506 e. The first-order valence-corrected chi connectivity index (χ1v) is 21.6. The number of phenols is 1. The van der Waals surface area contributed by atoms with Crippen molar-refractivity contribution in [2.45, 2.75) is 108 Å². The largest absolute Gasteiger partial charge is 0.506 e. The molecule has 1 saturated heterocycles. The van der Waals surface area contributed by atoms with Crippen LogP contribution in [0.25, 0.3) is 10.8 Å². The Morgan fingerprint density at radius 2 is 1.44 bits per heavy atom. The normalized spacial score (nSPS) is 13.4. The maximum Gasteiger partial charge on any atom is 0.417 e. The first-order valence-electron chi connectivity index (χ1n) is 19.6. The minimum absolute atomic E-state index is 0.0340. The molecule has 0 saturated carbocycles. The fourth-order valence-corrected chi connectivity index (χ4v) is 7.29. The van der Waals surface area contributed by atoms with E-state index in [4.69, 9.17) is 21.7 Å². The number of amides is 3. The Kier molecular flexibility index (Phi) is 20.2. The van der Waals surface area contributed by atoms with Crippen LogP contribution in [0.2, 0.25) is 0 Å². The third-order valence-electron chi connectivity index (χ3n) is 9.59. The molecule has 6 N–H and O–H groups in total. The summed E-state index contributed by atoms with van der Waals surface area (Å²) in [5, 5.41) is 18.0. The summed E-state index contributed by atoms with van der Waals surface area (Å²) in [6.45, 7) is 1.13. The first-order chi connectivity index (χ1) is 27.3. The molecule has 2 aromatic rings. The third-order valence-corrected chi connectivity index (χ3v) is 11.3. The summed E-state index contributed by atoms with van der Waals surface area (Å²) in [4.78, 5) is 52.7. The predicted octanol–water partition coefficient (Wildman–Crippen LogP) is 4.91. The molecule has 1 unspecified atom stereocenters. The van der Waals surface area contributed by atoms with Crippen molar-refractivity contribution in [3.8, 4) is 11.5 Å². The van der Waals surface area contributed by atoms with Crippen LogP contribution in [-0.4, -0.2) is 108 Å². The molecule has 1 heterocycles. The summed E-state index contributed by atoms with van der Waals surface area (Å²) in [6, 6.07) is 7.51. The third kappa shape index (κ3) is 15.5. The van der Waals surface area contributed by atoms with Crippen LogP contribution >= 0.6 is 12.2 Å². The van der Waals surface area contributed by atoms with Crippen LogP contribution < -0.4 is 26.4 Å². The number of esters is 1. The summed E-state index contributed by atoms with van der Waals surface area (Å²) >= 11 is 5.30. The van der Waals surface area contributed by atoms with E-state index < -0.39 is 51.5 Å². The average Bonchev–Trinajstić information content (AvgIpc) is 3.50. The van der Waals surface area contributed by atoms with Gasteiger partial charge in [0, 0.05) is 30.9 Å². The van der Waals surface area contributed by atoms with Crippen LogP contribution in [0, 0.1) is 0 Å². The number of hydrogen-bond acceptors (Lipinski definition) is 12. The smallest absolute Gasteiger partial charge is 0.417 e. The number of nitrogens with one attached hydrogen (secondary N) is 4. The number of phenolic OH excluding ortho intramolecular Hbond substituents is 1. The summed E-state index contributed by atoms with van der Waals surface area (Å²) in [5.41, 5.74) is 5.22. The molecule has 0 aromatic heterocycles. The van der Waals surface area contributed by atoms with Crippen molar-refractivity contribution in [3.63, 3.8) is 0 Å². The van der Waals surface area contributed by atoms with E-state index in [-0.39, 0.29) is 53.4 Å². The predicted molar refractivity (Wildman–Crippen MR) is 219 cm³/mol.